The molecule has 0 aliphatic rings. The lowest BCUT2D eigenvalue weighted by Crippen LogP contribution is -2.00. The first-order valence-corrected chi connectivity index (χ1v) is 15.9. The number of hydrogen-bond donors (Lipinski definition) is 0. The van der Waals surface area contributed by atoms with Crippen molar-refractivity contribution in [2.45, 2.75) is 0 Å². The Bertz CT molecular complexity index is 2760. The number of aromatic nitrogens is 2. The van der Waals surface area contributed by atoms with E-state index in [2.05, 4.69) is 124 Å². The molecular formula is C44H26N4. The molecule has 0 fully saturated rings. The zero-order valence-electron chi connectivity index (χ0n) is 25.8. The lowest BCUT2D eigenvalue weighted by atomic mass is 9.94. The number of nitriles is 2. The maximum atomic E-state index is 10.7. The van der Waals surface area contributed by atoms with Crippen molar-refractivity contribution in [3.63, 3.8) is 0 Å². The Kier molecular flexibility index (Phi) is 6.22. The summed E-state index contributed by atoms with van der Waals surface area (Å²) in [5.41, 5.74) is 11.4. The lowest BCUT2D eigenvalue weighted by molar-refractivity contribution is 1.17. The van der Waals surface area contributed by atoms with Gasteiger partial charge in [-0.2, -0.15) is 10.5 Å². The molecule has 0 unspecified atom stereocenters. The molecule has 9 rings (SSSR count). The van der Waals surface area contributed by atoms with Crippen LogP contribution in [-0.4, -0.2) is 9.13 Å². The van der Waals surface area contributed by atoms with Gasteiger partial charge in [0.15, 0.2) is 0 Å². The highest BCUT2D eigenvalue weighted by atomic mass is 15.0. The van der Waals surface area contributed by atoms with Gasteiger partial charge in [0, 0.05) is 32.7 Å². The summed E-state index contributed by atoms with van der Waals surface area (Å²) in [6.07, 6.45) is 0. The lowest BCUT2D eigenvalue weighted by Gasteiger charge is -2.16. The van der Waals surface area contributed by atoms with Crippen molar-refractivity contribution in [1.82, 2.24) is 9.13 Å². The molecule has 0 amide bonds. The standard InChI is InChI=1S/C44H26N4/c45-27-29-23-24-44-37(25-29)36-16-4-8-21-42(36)47(44)39-18-5-1-13-33(39)31-12-9-11-30(26-31)32-17-10-22-43(38(32)28-46)48-40-19-6-2-14-34(40)35-15-3-7-20-41(35)48/h1-26H. The third-order valence-corrected chi connectivity index (χ3v) is 9.41. The number of benzene rings is 7. The third-order valence-electron chi connectivity index (χ3n) is 9.41. The van der Waals surface area contributed by atoms with Crippen molar-refractivity contribution in [2.24, 2.45) is 0 Å². The fourth-order valence-electron chi connectivity index (χ4n) is 7.34. The van der Waals surface area contributed by atoms with Crippen molar-refractivity contribution in [1.29, 1.82) is 10.5 Å². The van der Waals surface area contributed by atoms with Crippen LogP contribution in [0.2, 0.25) is 0 Å². The van der Waals surface area contributed by atoms with Gasteiger partial charge in [-0.15, -0.1) is 0 Å². The summed E-state index contributed by atoms with van der Waals surface area (Å²) >= 11 is 0. The van der Waals surface area contributed by atoms with Crippen LogP contribution in [0.1, 0.15) is 11.1 Å². The number of para-hydroxylation sites is 4. The summed E-state index contributed by atoms with van der Waals surface area (Å²) in [6.45, 7) is 0. The van der Waals surface area contributed by atoms with Crippen molar-refractivity contribution >= 4 is 43.6 Å². The molecule has 2 aromatic heterocycles. The van der Waals surface area contributed by atoms with Gasteiger partial charge in [-0.1, -0.05) is 103 Å². The average molecular weight is 611 g/mol. The summed E-state index contributed by atoms with van der Waals surface area (Å²) in [4.78, 5) is 0. The molecule has 2 heterocycles. The van der Waals surface area contributed by atoms with E-state index in [4.69, 9.17) is 0 Å². The van der Waals surface area contributed by atoms with Gasteiger partial charge in [0.1, 0.15) is 6.07 Å². The molecule has 0 radical (unpaired) electrons. The molecule has 0 saturated heterocycles. The van der Waals surface area contributed by atoms with Crippen molar-refractivity contribution in [2.75, 3.05) is 0 Å². The molecule has 0 bridgehead atoms. The summed E-state index contributed by atoms with van der Waals surface area (Å²) in [5.74, 6) is 0. The van der Waals surface area contributed by atoms with E-state index in [0.29, 0.717) is 11.1 Å². The molecule has 48 heavy (non-hydrogen) atoms. The topological polar surface area (TPSA) is 57.4 Å². The van der Waals surface area contributed by atoms with Crippen LogP contribution >= 0.6 is 0 Å². The Morgan fingerprint density at radius 1 is 0.375 bits per heavy atom. The Labute approximate surface area is 277 Å². The summed E-state index contributed by atoms with van der Waals surface area (Å²) in [7, 11) is 0. The second-order valence-corrected chi connectivity index (χ2v) is 12.0. The predicted molar refractivity (Wildman–Crippen MR) is 195 cm³/mol. The highest BCUT2D eigenvalue weighted by molar-refractivity contribution is 6.11. The Balaban J connectivity index is 1.24. The molecule has 0 spiro atoms. The van der Waals surface area contributed by atoms with Crippen LogP contribution in [0, 0.1) is 22.7 Å². The van der Waals surface area contributed by atoms with Crippen molar-refractivity contribution in [3.8, 4) is 45.8 Å². The van der Waals surface area contributed by atoms with Crippen LogP contribution in [0.15, 0.2) is 158 Å². The van der Waals surface area contributed by atoms with E-state index in [1.807, 2.05) is 54.6 Å². The maximum absolute atomic E-state index is 10.7. The van der Waals surface area contributed by atoms with Gasteiger partial charge in [-0.3, -0.25) is 0 Å². The number of fused-ring (bicyclic) bond motifs is 6. The van der Waals surface area contributed by atoms with Crippen LogP contribution < -0.4 is 0 Å². The van der Waals surface area contributed by atoms with Gasteiger partial charge in [0.2, 0.25) is 0 Å². The minimum absolute atomic E-state index is 0.630. The predicted octanol–water partition coefficient (Wildman–Crippen LogP) is 11.0. The molecule has 7 aromatic carbocycles. The van der Waals surface area contributed by atoms with E-state index in [-0.39, 0.29) is 0 Å². The fraction of sp³-hybridized carbons (Fsp3) is 0. The van der Waals surface area contributed by atoms with E-state index in [9.17, 15) is 10.5 Å². The fourth-order valence-corrected chi connectivity index (χ4v) is 7.34. The first kappa shape index (κ1) is 27.4. The largest absolute Gasteiger partial charge is 0.309 e. The quantitative estimate of drug-likeness (QED) is 0.199. The highest BCUT2D eigenvalue weighted by Crippen LogP contribution is 2.39. The highest BCUT2D eigenvalue weighted by Gasteiger charge is 2.19. The van der Waals surface area contributed by atoms with E-state index in [1.165, 1.54) is 0 Å². The van der Waals surface area contributed by atoms with Crippen LogP contribution in [0.4, 0.5) is 0 Å². The zero-order valence-corrected chi connectivity index (χ0v) is 25.8. The minimum atomic E-state index is 0.630. The number of hydrogen-bond acceptors (Lipinski definition) is 2. The zero-order chi connectivity index (χ0) is 32.2. The van der Waals surface area contributed by atoms with Crippen molar-refractivity contribution in [3.05, 3.63) is 169 Å². The molecule has 0 aliphatic carbocycles. The van der Waals surface area contributed by atoms with E-state index < -0.39 is 0 Å². The number of rotatable bonds is 4. The van der Waals surface area contributed by atoms with Gasteiger partial charge < -0.3 is 9.13 Å². The van der Waals surface area contributed by atoms with Gasteiger partial charge in [-0.05, 0) is 65.7 Å². The van der Waals surface area contributed by atoms with E-state index >= 15 is 0 Å². The SMILES string of the molecule is N#Cc1ccc2c(c1)c1ccccc1n2-c1ccccc1-c1cccc(-c2cccc(-n3c4ccccc4c4ccccc43)c2C#N)c1. The second-order valence-electron chi connectivity index (χ2n) is 12.0. The second kappa shape index (κ2) is 10.9. The van der Waals surface area contributed by atoms with Crippen molar-refractivity contribution < 1.29 is 0 Å². The molecule has 0 atom stereocenters. The maximum Gasteiger partial charge on any atom is 0.102 e. The molecule has 4 nitrogen and oxygen atoms in total. The van der Waals surface area contributed by atoms with Crippen LogP contribution in [0.3, 0.4) is 0 Å². The minimum Gasteiger partial charge on any atom is -0.309 e. The normalized spacial score (nSPS) is 11.3. The first-order valence-electron chi connectivity index (χ1n) is 15.9. The van der Waals surface area contributed by atoms with Crippen LogP contribution in [0.25, 0.3) is 77.2 Å². The Morgan fingerprint density at radius 2 is 0.875 bits per heavy atom. The van der Waals surface area contributed by atoms with Crippen LogP contribution in [-0.2, 0) is 0 Å². The monoisotopic (exact) mass is 610 g/mol. The number of nitrogens with zero attached hydrogens (tertiary/aromatic N) is 4. The molecule has 222 valence electrons. The molecule has 4 heteroatoms. The molecule has 0 saturated carbocycles. The molecular weight excluding hydrogens is 585 g/mol. The van der Waals surface area contributed by atoms with Gasteiger partial charge >= 0.3 is 0 Å². The van der Waals surface area contributed by atoms with Crippen LogP contribution in [0.5, 0.6) is 0 Å². The smallest absolute Gasteiger partial charge is 0.102 e. The van der Waals surface area contributed by atoms with Gasteiger partial charge in [-0.25, -0.2) is 0 Å². The molecule has 9 aromatic rings. The molecule has 0 aliphatic heterocycles. The molecule has 0 N–H and O–H groups in total. The van der Waals surface area contributed by atoms with Gasteiger partial charge in [0.05, 0.1) is 50.6 Å². The summed E-state index contributed by atoms with van der Waals surface area (Å²) in [5, 5.41) is 24.8. The first-order chi connectivity index (χ1) is 23.7. The summed E-state index contributed by atoms with van der Waals surface area (Å²) < 4.78 is 4.50. The Hall–Kier alpha value is -6.88. The average Bonchev–Trinajstić information content (AvgIpc) is 3.67. The van der Waals surface area contributed by atoms with E-state index in [1.54, 1.807) is 0 Å². The van der Waals surface area contributed by atoms with Gasteiger partial charge in [0.25, 0.3) is 0 Å². The summed E-state index contributed by atoms with van der Waals surface area (Å²) in [6, 6.07) is 58.9. The van der Waals surface area contributed by atoms with E-state index in [0.717, 1.165) is 77.2 Å². The Morgan fingerprint density at radius 3 is 1.54 bits per heavy atom. The third kappa shape index (κ3) is 4.07.